The number of carbonyl (C=O) groups is 2. The highest BCUT2D eigenvalue weighted by atomic mass is 35.5. The lowest BCUT2D eigenvalue weighted by Crippen LogP contribution is -2.51. The minimum atomic E-state index is -3.50. The maximum Gasteiger partial charge on any atom is 0.243 e. The third kappa shape index (κ3) is 8.66. The molecule has 0 radical (unpaired) electrons. The summed E-state index contributed by atoms with van der Waals surface area (Å²) in [5.74, 6) is -0.0744. The first-order valence-electron chi connectivity index (χ1n) is 14.6. The van der Waals surface area contributed by atoms with Crippen molar-refractivity contribution in [3.8, 4) is 0 Å². The molecule has 4 rings (SSSR count). The monoisotopic (exact) mass is 609 g/mol. The van der Waals surface area contributed by atoms with Crippen LogP contribution in [-0.2, 0) is 39.0 Å². The van der Waals surface area contributed by atoms with Crippen LogP contribution in [0.3, 0.4) is 0 Å². The van der Waals surface area contributed by atoms with Crippen LogP contribution in [0.25, 0.3) is 0 Å². The van der Waals surface area contributed by atoms with E-state index in [0.717, 1.165) is 29.5 Å². The predicted molar refractivity (Wildman–Crippen MR) is 167 cm³/mol. The van der Waals surface area contributed by atoms with E-state index < -0.39 is 16.1 Å². The van der Waals surface area contributed by atoms with Crippen LogP contribution in [0.1, 0.15) is 49.8 Å². The van der Waals surface area contributed by atoms with Crippen molar-refractivity contribution in [2.75, 3.05) is 19.6 Å². The van der Waals surface area contributed by atoms with Crippen LogP contribution in [0.5, 0.6) is 0 Å². The van der Waals surface area contributed by atoms with E-state index in [2.05, 4.69) is 5.32 Å². The molecule has 1 heterocycles. The van der Waals surface area contributed by atoms with Crippen molar-refractivity contribution in [2.45, 2.75) is 63.4 Å². The van der Waals surface area contributed by atoms with Crippen LogP contribution in [0.2, 0.25) is 5.02 Å². The molecule has 1 saturated heterocycles. The van der Waals surface area contributed by atoms with E-state index in [1.54, 1.807) is 41.3 Å². The van der Waals surface area contributed by atoms with Crippen LogP contribution < -0.4 is 5.32 Å². The molecule has 3 aromatic carbocycles. The van der Waals surface area contributed by atoms with Gasteiger partial charge in [0.2, 0.25) is 21.8 Å². The third-order valence-electron chi connectivity index (χ3n) is 7.48. The van der Waals surface area contributed by atoms with Gasteiger partial charge in [-0.25, -0.2) is 8.42 Å². The highest BCUT2D eigenvalue weighted by Gasteiger charge is 2.31. The number of benzene rings is 3. The quantitative estimate of drug-likeness (QED) is 0.278. The number of carbonyl (C=O) groups excluding carboxylic acids is 2. The summed E-state index contributed by atoms with van der Waals surface area (Å²) in [6.45, 7) is 5.94. The first kappa shape index (κ1) is 31.7. The summed E-state index contributed by atoms with van der Waals surface area (Å²) in [6.07, 6.45) is 2.74. The normalized spacial score (nSPS) is 14.6. The number of nitrogens with zero attached hydrogens (tertiary/aromatic N) is 2. The maximum absolute atomic E-state index is 13.9. The Hall–Kier alpha value is -3.20. The van der Waals surface area contributed by atoms with Gasteiger partial charge in [-0.3, -0.25) is 9.59 Å². The average Bonchev–Trinajstić information content (AvgIpc) is 3.54. The highest BCUT2D eigenvalue weighted by molar-refractivity contribution is 7.89. The van der Waals surface area contributed by atoms with Crippen molar-refractivity contribution in [1.82, 2.24) is 14.5 Å². The molecule has 0 spiro atoms. The van der Waals surface area contributed by atoms with Crippen molar-refractivity contribution in [3.63, 3.8) is 0 Å². The molecule has 1 atom stereocenters. The van der Waals surface area contributed by atoms with Crippen molar-refractivity contribution in [2.24, 2.45) is 5.92 Å². The van der Waals surface area contributed by atoms with E-state index in [1.165, 1.54) is 4.31 Å². The summed E-state index contributed by atoms with van der Waals surface area (Å²) in [5.41, 5.74) is 2.70. The highest BCUT2D eigenvalue weighted by Crippen LogP contribution is 2.22. The number of hydrogen-bond acceptors (Lipinski definition) is 4. The van der Waals surface area contributed by atoms with Crippen molar-refractivity contribution in [3.05, 3.63) is 101 Å². The Kier molecular flexibility index (Phi) is 11.2. The Morgan fingerprint density at radius 1 is 0.881 bits per heavy atom. The minimum absolute atomic E-state index is 0.153. The molecule has 1 aliphatic heterocycles. The van der Waals surface area contributed by atoms with Gasteiger partial charge < -0.3 is 10.2 Å². The number of amides is 2. The number of rotatable bonds is 13. The van der Waals surface area contributed by atoms with Gasteiger partial charge >= 0.3 is 0 Å². The zero-order valence-corrected chi connectivity index (χ0v) is 25.9. The van der Waals surface area contributed by atoms with Crippen LogP contribution >= 0.6 is 11.6 Å². The Bertz CT molecular complexity index is 1420. The fourth-order valence-electron chi connectivity index (χ4n) is 5.06. The Labute approximate surface area is 254 Å². The number of sulfonamides is 1. The van der Waals surface area contributed by atoms with E-state index in [4.69, 9.17) is 11.6 Å². The second kappa shape index (κ2) is 14.8. The molecule has 3 aromatic rings. The summed E-state index contributed by atoms with van der Waals surface area (Å²) in [6, 6.07) is 23.1. The zero-order chi connectivity index (χ0) is 30.1. The third-order valence-corrected chi connectivity index (χ3v) is 9.64. The van der Waals surface area contributed by atoms with Crippen molar-refractivity contribution >= 4 is 33.4 Å². The number of aryl methyl sites for hydroxylation is 1. The fourth-order valence-corrected chi connectivity index (χ4v) is 6.71. The van der Waals surface area contributed by atoms with Gasteiger partial charge in [0.25, 0.3) is 0 Å². The molecule has 2 amide bonds. The lowest BCUT2D eigenvalue weighted by atomic mass is 10.0. The number of hydrogen-bond donors (Lipinski definition) is 1. The van der Waals surface area contributed by atoms with E-state index in [-0.39, 0.29) is 35.6 Å². The Morgan fingerprint density at radius 2 is 1.50 bits per heavy atom. The molecular weight excluding hydrogens is 570 g/mol. The minimum Gasteiger partial charge on any atom is -0.354 e. The fraction of sp³-hybridized carbons (Fsp3) is 0.394. The molecule has 0 saturated carbocycles. The molecule has 1 aliphatic rings. The van der Waals surface area contributed by atoms with E-state index in [9.17, 15) is 18.0 Å². The maximum atomic E-state index is 13.9. The number of halogens is 1. The summed E-state index contributed by atoms with van der Waals surface area (Å²) < 4.78 is 27.3. The van der Waals surface area contributed by atoms with Crippen LogP contribution in [0.4, 0.5) is 0 Å². The van der Waals surface area contributed by atoms with Gasteiger partial charge in [-0.1, -0.05) is 80.0 Å². The molecular formula is C33H40ClN3O4S. The lowest BCUT2D eigenvalue weighted by Gasteiger charge is -2.32. The summed E-state index contributed by atoms with van der Waals surface area (Å²) in [5, 5.41) is 3.63. The Balaban J connectivity index is 1.54. The molecule has 1 fully saturated rings. The predicted octanol–water partition coefficient (Wildman–Crippen LogP) is 5.47. The Morgan fingerprint density at radius 3 is 2.12 bits per heavy atom. The standard InChI is InChI=1S/C33H40ClN3O4S/c1-25(2)23-35-33(39)31(22-27-8-4-3-5-9-27)37(24-28-10-15-29(34)16-11-28)32(38)19-14-26-12-17-30(18-13-26)42(40,41)36-20-6-7-21-36/h3-5,8-13,15-18,25,31H,6-7,14,19-24H2,1-2H3,(H,35,39)/t31-/m0/s1. The zero-order valence-electron chi connectivity index (χ0n) is 24.3. The average molecular weight is 610 g/mol. The molecule has 9 heteroatoms. The topological polar surface area (TPSA) is 86.8 Å². The molecule has 0 unspecified atom stereocenters. The molecule has 224 valence electrons. The summed E-state index contributed by atoms with van der Waals surface area (Å²) >= 11 is 6.11. The van der Waals surface area contributed by atoms with E-state index in [0.29, 0.717) is 37.5 Å². The van der Waals surface area contributed by atoms with E-state index >= 15 is 0 Å². The largest absolute Gasteiger partial charge is 0.354 e. The molecule has 1 N–H and O–H groups in total. The van der Waals surface area contributed by atoms with Crippen LogP contribution in [-0.4, -0.2) is 55.1 Å². The molecule has 42 heavy (non-hydrogen) atoms. The van der Waals surface area contributed by atoms with Crippen LogP contribution in [0.15, 0.2) is 83.8 Å². The van der Waals surface area contributed by atoms with Gasteiger partial charge in [0.15, 0.2) is 0 Å². The lowest BCUT2D eigenvalue weighted by molar-refractivity contribution is -0.141. The van der Waals surface area contributed by atoms with Gasteiger partial charge in [0.05, 0.1) is 4.90 Å². The van der Waals surface area contributed by atoms with Gasteiger partial charge in [-0.2, -0.15) is 4.31 Å². The summed E-state index contributed by atoms with van der Waals surface area (Å²) in [7, 11) is -3.50. The second-order valence-corrected chi connectivity index (χ2v) is 13.6. The molecule has 0 bridgehead atoms. The smallest absolute Gasteiger partial charge is 0.243 e. The number of nitrogens with one attached hydrogen (secondary N) is 1. The van der Waals surface area contributed by atoms with Crippen molar-refractivity contribution in [1.29, 1.82) is 0 Å². The first-order chi connectivity index (χ1) is 20.1. The van der Waals surface area contributed by atoms with Gasteiger partial charge in [0.1, 0.15) is 6.04 Å². The van der Waals surface area contributed by atoms with E-state index in [1.807, 2.05) is 56.3 Å². The first-order valence-corrected chi connectivity index (χ1v) is 16.4. The van der Waals surface area contributed by atoms with Crippen LogP contribution in [0, 0.1) is 5.92 Å². The second-order valence-electron chi connectivity index (χ2n) is 11.2. The van der Waals surface area contributed by atoms with Gasteiger partial charge in [-0.15, -0.1) is 0 Å². The van der Waals surface area contributed by atoms with Crippen molar-refractivity contribution < 1.29 is 18.0 Å². The molecule has 0 aromatic heterocycles. The summed E-state index contributed by atoms with van der Waals surface area (Å²) in [4.78, 5) is 29.4. The SMILES string of the molecule is CC(C)CNC(=O)[C@H](Cc1ccccc1)N(Cc1ccc(Cl)cc1)C(=O)CCc1ccc(S(=O)(=O)N2CCCC2)cc1. The van der Waals surface area contributed by atoms with Gasteiger partial charge in [-0.05, 0) is 66.1 Å². The van der Waals surface area contributed by atoms with Gasteiger partial charge in [0, 0.05) is 44.0 Å². The molecule has 7 nitrogen and oxygen atoms in total. The molecule has 0 aliphatic carbocycles.